The van der Waals surface area contributed by atoms with Crippen LogP contribution in [-0.4, -0.2) is 70.8 Å². The molecule has 4 rings (SSSR count). The van der Waals surface area contributed by atoms with Crippen LogP contribution in [0, 0.1) is 11.2 Å². The monoisotopic (exact) mass is 481 g/mol. The van der Waals surface area contributed by atoms with Crippen molar-refractivity contribution in [3.8, 4) is 0 Å². The van der Waals surface area contributed by atoms with Crippen molar-refractivity contribution in [1.82, 2.24) is 20.0 Å². The van der Waals surface area contributed by atoms with E-state index in [0.29, 0.717) is 35.4 Å². The van der Waals surface area contributed by atoms with Crippen molar-refractivity contribution in [3.05, 3.63) is 45.3 Å². The Morgan fingerprint density at radius 2 is 2.00 bits per heavy atom. The lowest BCUT2D eigenvalue weighted by Crippen LogP contribution is -2.50. The molecule has 1 aromatic carbocycles. The topological polar surface area (TPSA) is 108 Å². The molecule has 172 valence electrons. The summed E-state index contributed by atoms with van der Waals surface area (Å²) in [7, 11) is 2.09. The Bertz CT molecular complexity index is 1020. The number of nitrogens with zero attached hydrogens (tertiary/aromatic N) is 5. The van der Waals surface area contributed by atoms with Crippen molar-refractivity contribution in [3.63, 3.8) is 0 Å². The molecule has 0 amide bonds. The van der Waals surface area contributed by atoms with Crippen LogP contribution in [0.1, 0.15) is 42.5 Å². The fourth-order valence-electron chi connectivity index (χ4n) is 4.15. The van der Waals surface area contributed by atoms with E-state index in [1.54, 1.807) is 0 Å². The van der Waals surface area contributed by atoms with Gasteiger partial charge < -0.3 is 15.1 Å². The van der Waals surface area contributed by atoms with Gasteiger partial charge in [-0.15, -0.1) is 10.2 Å². The molecule has 0 saturated carbocycles. The molecule has 3 N–H and O–H groups in total. The summed E-state index contributed by atoms with van der Waals surface area (Å²) >= 11 is 12.4. The summed E-state index contributed by atoms with van der Waals surface area (Å²) in [6, 6.07) is 2.34. The van der Waals surface area contributed by atoms with Crippen LogP contribution in [0.2, 0.25) is 10.0 Å². The van der Waals surface area contributed by atoms with Crippen molar-refractivity contribution >= 4 is 34.7 Å². The second-order valence-electron chi connectivity index (χ2n) is 8.32. The molecule has 2 aliphatic heterocycles. The third-order valence-corrected chi connectivity index (χ3v) is 6.89. The van der Waals surface area contributed by atoms with Crippen LogP contribution in [0.3, 0.4) is 0 Å². The van der Waals surface area contributed by atoms with Crippen LogP contribution in [0.4, 0.5) is 4.39 Å². The minimum atomic E-state index is -0.527. The van der Waals surface area contributed by atoms with Gasteiger partial charge in [0.2, 0.25) is 5.89 Å². The molecule has 1 saturated heterocycles. The van der Waals surface area contributed by atoms with Gasteiger partial charge in [-0.05, 0) is 45.1 Å². The predicted octanol–water partition coefficient (Wildman–Crippen LogP) is 3.32. The molecular formula is C21H26Cl2FN7O. The van der Waals surface area contributed by atoms with Gasteiger partial charge >= 0.3 is 0 Å². The lowest BCUT2D eigenvalue weighted by molar-refractivity contribution is 0.230. The van der Waals surface area contributed by atoms with Gasteiger partial charge in [0.05, 0.1) is 23.3 Å². The Labute approximate surface area is 196 Å². The van der Waals surface area contributed by atoms with E-state index in [9.17, 15) is 4.39 Å². The highest BCUT2D eigenvalue weighted by molar-refractivity contribution is 6.36. The quantitative estimate of drug-likeness (QED) is 0.483. The third-order valence-electron chi connectivity index (χ3n) is 6.13. The zero-order chi connectivity index (χ0) is 22.8. The number of piperidine rings is 1. The first-order valence-corrected chi connectivity index (χ1v) is 11.3. The van der Waals surface area contributed by atoms with Crippen molar-refractivity contribution in [1.29, 1.82) is 5.41 Å². The number of rotatable bonds is 6. The molecule has 3 heterocycles. The molecule has 8 nitrogen and oxygen atoms in total. The fraction of sp³-hybridized carbons (Fsp3) is 0.524. The van der Waals surface area contributed by atoms with Crippen LogP contribution < -0.4 is 5.73 Å². The summed E-state index contributed by atoms with van der Waals surface area (Å²) in [4.78, 5) is 8.61. The molecule has 1 fully saturated rings. The van der Waals surface area contributed by atoms with Crippen LogP contribution in [0.15, 0.2) is 21.5 Å². The third kappa shape index (κ3) is 4.96. The SMILES string of the molecule is CN1CCC(c2nnc(C(=N)CC3C(N)=NCCN3Cc3c(Cl)ccc(F)c3Cl)o2)CC1. The van der Waals surface area contributed by atoms with Gasteiger partial charge in [0.25, 0.3) is 5.89 Å². The maximum absolute atomic E-state index is 14.0. The van der Waals surface area contributed by atoms with Gasteiger partial charge in [-0.1, -0.05) is 23.2 Å². The standard InChI is InChI=1S/C21H26Cl2FN7O/c1-30-7-4-12(5-8-30)20-28-29-21(32-20)16(25)10-17-19(26)27-6-9-31(17)11-13-14(22)2-3-15(24)18(13)23/h2-3,12,17,25H,4-11H2,1H3,(H2,26,27). The molecule has 1 aromatic heterocycles. The molecule has 2 aromatic rings. The van der Waals surface area contributed by atoms with E-state index in [2.05, 4.69) is 27.1 Å². The first-order chi connectivity index (χ1) is 15.3. The van der Waals surface area contributed by atoms with Crippen LogP contribution >= 0.6 is 23.2 Å². The summed E-state index contributed by atoms with van der Waals surface area (Å²) in [5, 5.41) is 17.2. The number of aromatic nitrogens is 2. The first kappa shape index (κ1) is 23.1. The van der Waals surface area contributed by atoms with E-state index in [1.165, 1.54) is 12.1 Å². The number of halogens is 3. The molecule has 11 heteroatoms. The van der Waals surface area contributed by atoms with Crippen LogP contribution in [-0.2, 0) is 6.54 Å². The van der Waals surface area contributed by atoms with Crippen molar-refractivity contribution in [2.24, 2.45) is 10.7 Å². The number of aliphatic imine (C=N–C) groups is 1. The first-order valence-electron chi connectivity index (χ1n) is 10.6. The normalized spacial score (nSPS) is 21.0. The molecule has 0 radical (unpaired) electrons. The van der Waals surface area contributed by atoms with Gasteiger partial charge in [0, 0.05) is 36.0 Å². The van der Waals surface area contributed by atoms with E-state index in [1.807, 2.05) is 4.90 Å². The van der Waals surface area contributed by atoms with Gasteiger partial charge in [-0.25, -0.2) is 4.39 Å². The predicted molar refractivity (Wildman–Crippen MR) is 122 cm³/mol. The number of nitrogens with two attached hydrogens (primary N) is 1. The number of amidine groups is 1. The summed E-state index contributed by atoms with van der Waals surface area (Å²) < 4.78 is 19.8. The van der Waals surface area contributed by atoms with Gasteiger partial charge in [0.15, 0.2) is 0 Å². The van der Waals surface area contributed by atoms with E-state index in [-0.39, 0.29) is 41.6 Å². The average molecular weight is 482 g/mol. The Kier molecular flexibility index (Phi) is 7.09. The zero-order valence-corrected chi connectivity index (χ0v) is 19.3. The molecule has 0 spiro atoms. The summed E-state index contributed by atoms with van der Waals surface area (Å²) in [5.74, 6) is 0.869. The molecule has 0 bridgehead atoms. The van der Waals surface area contributed by atoms with Crippen LogP contribution in [0.5, 0.6) is 0 Å². The Balaban J connectivity index is 1.48. The van der Waals surface area contributed by atoms with E-state index >= 15 is 0 Å². The van der Waals surface area contributed by atoms with Crippen molar-refractivity contribution in [2.75, 3.05) is 33.2 Å². The summed E-state index contributed by atoms with van der Waals surface area (Å²) in [6.45, 7) is 3.33. The molecule has 1 atom stereocenters. The van der Waals surface area contributed by atoms with E-state index < -0.39 is 5.82 Å². The highest BCUT2D eigenvalue weighted by atomic mass is 35.5. The zero-order valence-electron chi connectivity index (χ0n) is 17.8. The average Bonchev–Trinajstić information content (AvgIpc) is 3.27. The molecule has 0 aliphatic carbocycles. The second kappa shape index (κ2) is 9.82. The highest BCUT2D eigenvalue weighted by Gasteiger charge is 2.30. The van der Waals surface area contributed by atoms with Crippen molar-refractivity contribution in [2.45, 2.75) is 37.8 Å². The molecule has 1 unspecified atom stereocenters. The largest absolute Gasteiger partial charge is 0.419 e. The van der Waals surface area contributed by atoms with Crippen molar-refractivity contribution < 1.29 is 8.81 Å². The summed E-state index contributed by atoms with van der Waals surface area (Å²) in [5.41, 5.74) is 6.86. The smallest absolute Gasteiger partial charge is 0.261 e. The lowest BCUT2D eigenvalue weighted by Gasteiger charge is -2.34. The molecular weight excluding hydrogens is 456 g/mol. The van der Waals surface area contributed by atoms with E-state index in [4.69, 9.17) is 38.8 Å². The van der Waals surface area contributed by atoms with Gasteiger partial charge in [-0.2, -0.15) is 0 Å². The van der Waals surface area contributed by atoms with Gasteiger partial charge in [-0.3, -0.25) is 15.3 Å². The number of hydrogen-bond donors (Lipinski definition) is 2. The molecule has 2 aliphatic rings. The lowest BCUT2D eigenvalue weighted by atomic mass is 9.97. The maximum Gasteiger partial charge on any atom is 0.261 e. The second-order valence-corrected chi connectivity index (χ2v) is 9.11. The Morgan fingerprint density at radius 3 is 2.75 bits per heavy atom. The fourth-order valence-corrected chi connectivity index (χ4v) is 4.64. The number of hydrogen-bond acceptors (Lipinski definition) is 8. The van der Waals surface area contributed by atoms with Gasteiger partial charge in [0.1, 0.15) is 11.7 Å². The highest BCUT2D eigenvalue weighted by Crippen LogP contribution is 2.30. The number of benzene rings is 1. The minimum Gasteiger partial charge on any atom is -0.419 e. The van der Waals surface area contributed by atoms with Crippen LogP contribution in [0.25, 0.3) is 0 Å². The number of nitrogens with one attached hydrogen (secondary N) is 1. The minimum absolute atomic E-state index is 0.00733. The Morgan fingerprint density at radius 1 is 1.25 bits per heavy atom. The Hall–Kier alpha value is -2.07. The van der Waals surface area contributed by atoms with E-state index in [0.717, 1.165) is 25.9 Å². The maximum atomic E-state index is 14.0. The molecule has 32 heavy (non-hydrogen) atoms. The summed E-state index contributed by atoms with van der Waals surface area (Å²) in [6.07, 6.45) is 2.14. The number of likely N-dealkylation sites (tertiary alicyclic amines) is 1.